The number of fused-ring (bicyclic) bond motifs is 1. The average molecular weight is 500 g/mol. The van der Waals surface area contributed by atoms with Crippen molar-refractivity contribution in [3.63, 3.8) is 0 Å². The van der Waals surface area contributed by atoms with Crippen LogP contribution < -0.4 is 10.1 Å². The molecule has 0 aliphatic rings. The number of nitrogens with one attached hydrogen (secondary N) is 1. The molecule has 0 saturated heterocycles. The molecule has 1 atom stereocenters. The molecule has 2 radical (unpaired) electrons. The fraction of sp³-hybridized carbons (Fsp3) is 0.217. The number of carbonyl (C=O) groups is 1. The summed E-state index contributed by atoms with van der Waals surface area (Å²) in [5.74, 6) is -2.73. The Hall–Kier alpha value is -3.60. The second-order valence-corrected chi connectivity index (χ2v) is 8.11. The van der Waals surface area contributed by atoms with Crippen LogP contribution in [-0.2, 0) is 18.4 Å². The molecule has 2 aromatic heterocycles. The van der Waals surface area contributed by atoms with Gasteiger partial charge in [0.1, 0.15) is 37.9 Å². The highest BCUT2D eigenvalue weighted by molar-refractivity contribution is 6.31. The van der Waals surface area contributed by atoms with Crippen molar-refractivity contribution < 1.29 is 22.7 Å². The van der Waals surface area contributed by atoms with Crippen LogP contribution in [0.15, 0.2) is 42.7 Å². The van der Waals surface area contributed by atoms with Gasteiger partial charge in [0.2, 0.25) is 0 Å². The summed E-state index contributed by atoms with van der Waals surface area (Å²) in [6.07, 6.45) is -1.83. The predicted molar refractivity (Wildman–Crippen MR) is 125 cm³/mol. The quantitative estimate of drug-likeness (QED) is 0.384. The van der Waals surface area contributed by atoms with Crippen LogP contribution >= 0.6 is 11.6 Å². The van der Waals surface area contributed by atoms with Gasteiger partial charge in [0.15, 0.2) is 5.82 Å². The van der Waals surface area contributed by atoms with Gasteiger partial charge < -0.3 is 10.1 Å². The maximum Gasteiger partial charge on any atom is 0.315 e. The van der Waals surface area contributed by atoms with Gasteiger partial charge in [-0.05, 0) is 36.8 Å². The number of hydrogen-bond acceptors (Lipinski definition) is 5. The number of alkyl halides is 2. The average Bonchev–Trinajstić information content (AvgIpc) is 3.23. The molecule has 4 aromatic rings. The third-order valence-corrected chi connectivity index (χ3v) is 5.62. The number of ether oxygens (including phenoxy) is 1. The van der Waals surface area contributed by atoms with Crippen LogP contribution in [0.1, 0.15) is 22.8 Å². The lowest BCUT2D eigenvalue weighted by atomic mass is 9.86. The summed E-state index contributed by atoms with van der Waals surface area (Å²) in [6.45, 7) is 1.64. The van der Waals surface area contributed by atoms with E-state index in [4.69, 9.17) is 24.2 Å². The van der Waals surface area contributed by atoms with Crippen LogP contribution in [0.5, 0.6) is 5.75 Å². The number of aromatic nitrogens is 4. The Kier molecular flexibility index (Phi) is 6.97. The Labute approximate surface area is 204 Å². The number of carbonyl (C=O) groups excluding carboxylic acids is 1. The highest BCUT2D eigenvalue weighted by atomic mass is 35.5. The van der Waals surface area contributed by atoms with Crippen LogP contribution in [0, 0.1) is 12.7 Å². The van der Waals surface area contributed by atoms with E-state index in [1.54, 1.807) is 23.9 Å². The topological polar surface area (TPSA) is 81.9 Å². The van der Waals surface area contributed by atoms with Crippen molar-refractivity contribution in [1.29, 1.82) is 0 Å². The first-order chi connectivity index (χ1) is 16.7. The summed E-state index contributed by atoms with van der Waals surface area (Å²) in [4.78, 5) is 20.3. The van der Waals surface area contributed by atoms with Gasteiger partial charge in [0.25, 0.3) is 5.91 Å². The second kappa shape index (κ2) is 9.95. The van der Waals surface area contributed by atoms with E-state index >= 15 is 0 Å². The molecule has 0 saturated carbocycles. The van der Waals surface area contributed by atoms with Crippen LogP contribution in [0.4, 0.5) is 13.2 Å². The SMILES string of the molecule is [B][C@@H](NC(=O)C(F)F)c1cc(F)cc(Cl)c1COc1cccc2c(-c3ncnn3C)cc(C)nc12. The number of amides is 1. The Bertz CT molecular complexity index is 1420. The van der Waals surface area contributed by atoms with Crippen LogP contribution in [-0.4, -0.2) is 39.9 Å². The number of benzene rings is 2. The summed E-state index contributed by atoms with van der Waals surface area (Å²) in [5, 5.41) is 6.78. The fourth-order valence-electron chi connectivity index (χ4n) is 3.69. The van der Waals surface area contributed by atoms with Gasteiger partial charge in [0.05, 0.1) is 5.02 Å². The zero-order valence-corrected chi connectivity index (χ0v) is 19.4. The van der Waals surface area contributed by atoms with Gasteiger partial charge in [-0.25, -0.2) is 19.0 Å². The minimum absolute atomic E-state index is 0.00755. The van der Waals surface area contributed by atoms with Crippen molar-refractivity contribution in [2.45, 2.75) is 25.9 Å². The van der Waals surface area contributed by atoms with Crippen LogP contribution in [0.2, 0.25) is 5.02 Å². The predicted octanol–water partition coefficient (Wildman–Crippen LogP) is 4.26. The molecule has 12 heteroatoms. The summed E-state index contributed by atoms with van der Waals surface area (Å²) in [7, 11) is 7.64. The summed E-state index contributed by atoms with van der Waals surface area (Å²) >= 11 is 6.23. The van der Waals surface area contributed by atoms with E-state index in [2.05, 4.69) is 15.1 Å². The van der Waals surface area contributed by atoms with E-state index in [1.807, 2.05) is 24.4 Å². The van der Waals surface area contributed by atoms with E-state index in [0.29, 0.717) is 22.8 Å². The number of rotatable bonds is 7. The molecule has 1 N–H and O–H groups in total. The fourth-order valence-corrected chi connectivity index (χ4v) is 3.96. The van der Waals surface area contributed by atoms with E-state index in [-0.39, 0.29) is 22.8 Å². The first kappa shape index (κ1) is 24.5. The molecular weight excluding hydrogens is 482 g/mol. The first-order valence-electron chi connectivity index (χ1n) is 10.3. The van der Waals surface area contributed by atoms with E-state index < -0.39 is 24.1 Å². The van der Waals surface area contributed by atoms with Gasteiger partial charge in [-0.1, -0.05) is 23.7 Å². The Morgan fingerprint density at radius 1 is 1.29 bits per heavy atom. The van der Waals surface area contributed by atoms with Gasteiger partial charge in [-0.15, -0.1) is 0 Å². The molecule has 0 fully saturated rings. The first-order valence-corrected chi connectivity index (χ1v) is 10.7. The molecule has 2 aromatic carbocycles. The van der Waals surface area contributed by atoms with Crippen molar-refractivity contribution in [2.75, 3.05) is 0 Å². The van der Waals surface area contributed by atoms with Crippen molar-refractivity contribution in [3.05, 3.63) is 70.4 Å². The van der Waals surface area contributed by atoms with Crippen molar-refractivity contribution >= 4 is 36.3 Å². The molecule has 0 aliphatic carbocycles. The zero-order chi connectivity index (χ0) is 25.3. The van der Waals surface area contributed by atoms with E-state index in [9.17, 15) is 18.0 Å². The smallest absolute Gasteiger partial charge is 0.315 e. The van der Waals surface area contributed by atoms with Gasteiger partial charge in [-0.3, -0.25) is 4.79 Å². The summed E-state index contributed by atoms with van der Waals surface area (Å²) in [6, 6.07) is 9.28. The van der Waals surface area contributed by atoms with Crippen molar-refractivity contribution in [1.82, 2.24) is 25.1 Å². The minimum Gasteiger partial charge on any atom is -0.487 e. The molecule has 7 nitrogen and oxygen atoms in total. The minimum atomic E-state index is -3.28. The molecule has 0 unspecified atom stereocenters. The normalized spacial score (nSPS) is 12.2. The van der Waals surface area contributed by atoms with Gasteiger partial charge in [-0.2, -0.15) is 13.9 Å². The van der Waals surface area contributed by atoms with Crippen LogP contribution in [0.25, 0.3) is 22.3 Å². The Balaban J connectivity index is 1.71. The maximum absolute atomic E-state index is 14.0. The third kappa shape index (κ3) is 5.09. The number of hydrogen-bond donors (Lipinski definition) is 1. The van der Waals surface area contributed by atoms with Crippen molar-refractivity contribution in [3.8, 4) is 17.1 Å². The lowest BCUT2D eigenvalue weighted by Crippen LogP contribution is -2.34. The number of aryl methyl sites for hydroxylation is 2. The van der Waals surface area contributed by atoms with Gasteiger partial charge >= 0.3 is 6.43 Å². The largest absolute Gasteiger partial charge is 0.487 e. The highest BCUT2D eigenvalue weighted by Gasteiger charge is 2.22. The van der Waals surface area contributed by atoms with Crippen molar-refractivity contribution in [2.24, 2.45) is 7.05 Å². The maximum atomic E-state index is 14.0. The van der Waals surface area contributed by atoms with Gasteiger partial charge in [0, 0.05) is 35.2 Å². The lowest BCUT2D eigenvalue weighted by molar-refractivity contribution is -0.132. The Morgan fingerprint density at radius 2 is 2.06 bits per heavy atom. The molecule has 0 bridgehead atoms. The molecular formula is C23H18BClF3N5O2. The number of pyridine rings is 1. The molecule has 4 rings (SSSR count). The molecule has 35 heavy (non-hydrogen) atoms. The standard InChI is InChI=1S/C23H18BClF3N5O2/c1-11-6-15(22-29-10-30-33(22)2)13-4-3-5-18(19(13)31-11)35-9-16-14(7-12(26)8-17(16)25)20(24)32-23(34)21(27)28/h3-8,10,20-21H,9H2,1-2H3,(H,32,34)/t20-/m0/s1. The molecule has 0 aliphatic heterocycles. The molecule has 1 amide bonds. The molecule has 2 heterocycles. The monoisotopic (exact) mass is 499 g/mol. The molecule has 0 spiro atoms. The third-order valence-electron chi connectivity index (χ3n) is 5.28. The van der Waals surface area contributed by atoms with E-state index in [0.717, 1.165) is 23.1 Å². The van der Waals surface area contributed by atoms with E-state index in [1.165, 1.54) is 6.33 Å². The number of para-hydroxylation sites is 1. The summed E-state index contributed by atoms with van der Waals surface area (Å²) in [5.41, 5.74) is 2.29. The molecule has 178 valence electrons. The second-order valence-electron chi connectivity index (χ2n) is 7.70. The lowest BCUT2D eigenvalue weighted by Gasteiger charge is -2.20. The zero-order valence-electron chi connectivity index (χ0n) is 18.6. The Morgan fingerprint density at radius 3 is 2.74 bits per heavy atom. The summed E-state index contributed by atoms with van der Waals surface area (Å²) < 4.78 is 47.0. The number of nitrogens with zero attached hydrogens (tertiary/aromatic N) is 4. The number of halogens is 4. The highest BCUT2D eigenvalue weighted by Crippen LogP contribution is 2.34. The van der Waals surface area contributed by atoms with Crippen LogP contribution in [0.3, 0.4) is 0 Å².